The van der Waals surface area contributed by atoms with Crippen molar-refractivity contribution < 1.29 is 0 Å². The van der Waals surface area contributed by atoms with E-state index in [1.54, 1.807) is 5.56 Å². The monoisotopic (exact) mass is 248 g/mol. The molecule has 1 fully saturated rings. The highest BCUT2D eigenvalue weighted by Crippen LogP contribution is 2.40. The Balaban J connectivity index is 1.81. The van der Waals surface area contributed by atoms with Gasteiger partial charge in [0.05, 0.1) is 0 Å². The van der Waals surface area contributed by atoms with E-state index in [0.29, 0.717) is 6.04 Å². The number of hydrogen-bond acceptors (Lipinski definition) is 3. The number of likely N-dealkylation sites (tertiary alicyclic amines) is 1. The molecule has 0 amide bonds. The van der Waals surface area contributed by atoms with Crippen LogP contribution in [0.5, 0.6) is 0 Å². The van der Waals surface area contributed by atoms with E-state index in [1.165, 1.54) is 36.6 Å². The minimum Gasteiger partial charge on any atom is -0.330 e. The van der Waals surface area contributed by atoms with Gasteiger partial charge in [-0.1, -0.05) is 18.2 Å². The quantitative estimate of drug-likeness (QED) is 0.872. The molecule has 2 atom stereocenters. The maximum Gasteiger partial charge on any atom is 0.0367 e. The predicted octanol–water partition coefficient (Wildman–Crippen LogP) is 2.50. The molecule has 2 N–H and O–H groups in total. The van der Waals surface area contributed by atoms with Gasteiger partial charge >= 0.3 is 0 Å². The fourth-order valence-electron chi connectivity index (χ4n) is 3.04. The summed E-state index contributed by atoms with van der Waals surface area (Å²) in [5.41, 5.74) is 7.33. The number of fused-ring (bicyclic) bond motifs is 1. The predicted molar refractivity (Wildman–Crippen MR) is 73.3 cm³/mol. The molecule has 0 aromatic heterocycles. The Morgan fingerprint density at radius 3 is 3.00 bits per heavy atom. The van der Waals surface area contributed by atoms with Gasteiger partial charge in [0.15, 0.2) is 0 Å². The summed E-state index contributed by atoms with van der Waals surface area (Å²) in [6.07, 6.45) is 2.57. The van der Waals surface area contributed by atoms with Crippen LogP contribution in [0, 0.1) is 5.92 Å². The number of hydrogen-bond donors (Lipinski definition) is 1. The van der Waals surface area contributed by atoms with E-state index in [0.717, 1.165) is 12.5 Å². The van der Waals surface area contributed by atoms with E-state index < -0.39 is 0 Å². The average Bonchev–Trinajstić information content (AvgIpc) is 2.87. The summed E-state index contributed by atoms with van der Waals surface area (Å²) in [5, 5.41) is 0. The molecule has 2 aliphatic heterocycles. The molecule has 2 unspecified atom stereocenters. The lowest BCUT2D eigenvalue weighted by Crippen LogP contribution is -2.30. The van der Waals surface area contributed by atoms with Gasteiger partial charge in [0.2, 0.25) is 0 Å². The van der Waals surface area contributed by atoms with E-state index in [4.69, 9.17) is 5.73 Å². The molecule has 2 nitrogen and oxygen atoms in total. The molecule has 0 bridgehead atoms. The Hall–Kier alpha value is -0.510. The Labute approximate surface area is 108 Å². The Morgan fingerprint density at radius 2 is 2.18 bits per heavy atom. The molecule has 1 aromatic carbocycles. The number of nitrogens with zero attached hydrogens (tertiary/aromatic N) is 1. The molecule has 2 aliphatic rings. The Morgan fingerprint density at radius 1 is 1.29 bits per heavy atom. The van der Waals surface area contributed by atoms with Crippen LogP contribution in [-0.4, -0.2) is 30.3 Å². The largest absolute Gasteiger partial charge is 0.330 e. The van der Waals surface area contributed by atoms with Gasteiger partial charge in [-0.05, 0) is 49.2 Å². The first-order chi connectivity index (χ1) is 8.38. The lowest BCUT2D eigenvalue weighted by molar-refractivity contribution is 0.228. The zero-order valence-electron chi connectivity index (χ0n) is 10.1. The average molecular weight is 248 g/mol. The lowest BCUT2D eigenvalue weighted by Gasteiger charge is -2.32. The van der Waals surface area contributed by atoms with Crippen molar-refractivity contribution in [3.63, 3.8) is 0 Å². The number of nitrogens with two attached hydrogens (primary N) is 1. The highest BCUT2D eigenvalue weighted by Gasteiger charge is 2.31. The van der Waals surface area contributed by atoms with Gasteiger partial charge in [0, 0.05) is 17.5 Å². The maximum absolute atomic E-state index is 5.79. The minimum atomic E-state index is 0.643. The van der Waals surface area contributed by atoms with Crippen LogP contribution in [0.15, 0.2) is 29.2 Å². The van der Waals surface area contributed by atoms with Crippen LogP contribution in [0.4, 0.5) is 0 Å². The van der Waals surface area contributed by atoms with E-state index in [-0.39, 0.29) is 0 Å². The Kier molecular flexibility index (Phi) is 3.41. The van der Waals surface area contributed by atoms with Gasteiger partial charge in [-0.2, -0.15) is 0 Å². The summed E-state index contributed by atoms with van der Waals surface area (Å²) in [6, 6.07) is 9.55. The molecule has 3 rings (SSSR count). The van der Waals surface area contributed by atoms with Gasteiger partial charge in [0.1, 0.15) is 0 Å². The molecule has 0 radical (unpaired) electrons. The lowest BCUT2D eigenvalue weighted by atomic mass is 10.0. The third-order valence-corrected chi connectivity index (χ3v) is 5.14. The van der Waals surface area contributed by atoms with Crippen molar-refractivity contribution >= 4 is 11.8 Å². The summed E-state index contributed by atoms with van der Waals surface area (Å²) in [7, 11) is 0. The molecular weight excluding hydrogens is 228 g/mol. The molecule has 0 spiro atoms. The summed E-state index contributed by atoms with van der Waals surface area (Å²) in [6.45, 7) is 3.27. The van der Waals surface area contributed by atoms with Gasteiger partial charge in [0.25, 0.3) is 0 Å². The molecule has 1 saturated heterocycles. The molecule has 0 saturated carbocycles. The van der Waals surface area contributed by atoms with Crippen LogP contribution in [0.3, 0.4) is 0 Å². The van der Waals surface area contributed by atoms with E-state index in [1.807, 2.05) is 11.8 Å². The molecule has 3 heteroatoms. The second kappa shape index (κ2) is 5.01. The highest BCUT2D eigenvalue weighted by atomic mass is 32.2. The van der Waals surface area contributed by atoms with Crippen LogP contribution in [0.1, 0.15) is 24.4 Å². The van der Waals surface area contributed by atoms with Crippen LogP contribution in [0.25, 0.3) is 0 Å². The normalized spacial score (nSPS) is 29.2. The van der Waals surface area contributed by atoms with Crippen molar-refractivity contribution in [1.29, 1.82) is 0 Å². The first-order valence-corrected chi connectivity index (χ1v) is 7.53. The number of thioether (sulfide) groups is 1. The molecule has 92 valence electrons. The summed E-state index contributed by atoms with van der Waals surface area (Å²) in [4.78, 5) is 4.13. The highest BCUT2D eigenvalue weighted by molar-refractivity contribution is 7.99. The van der Waals surface area contributed by atoms with E-state index in [9.17, 15) is 0 Å². The van der Waals surface area contributed by atoms with Crippen molar-refractivity contribution in [3.8, 4) is 0 Å². The fraction of sp³-hybridized carbons (Fsp3) is 0.571. The van der Waals surface area contributed by atoms with Crippen molar-refractivity contribution in [2.75, 3.05) is 25.4 Å². The summed E-state index contributed by atoms with van der Waals surface area (Å²) >= 11 is 2.01. The standard InChI is InChI=1S/C14H20N2S/c15-9-11-5-7-16(10-11)13-6-8-17-14-4-2-1-3-12(13)14/h1-4,11,13H,5-10,15H2. The molecule has 2 heterocycles. The van der Waals surface area contributed by atoms with Gasteiger partial charge in [-0.25, -0.2) is 0 Å². The van der Waals surface area contributed by atoms with Crippen molar-refractivity contribution in [2.24, 2.45) is 11.7 Å². The van der Waals surface area contributed by atoms with Gasteiger partial charge in [-0.15, -0.1) is 11.8 Å². The second-order valence-electron chi connectivity index (χ2n) is 5.08. The number of rotatable bonds is 2. The Bertz CT molecular complexity index is 394. The fourth-order valence-corrected chi connectivity index (χ4v) is 4.15. The molecular formula is C14H20N2S. The zero-order valence-corrected chi connectivity index (χ0v) is 11.0. The topological polar surface area (TPSA) is 29.3 Å². The SMILES string of the molecule is NCC1CCN(C2CCSc3ccccc32)C1. The first kappa shape index (κ1) is 11.6. The van der Waals surface area contributed by atoms with Gasteiger partial charge in [-0.3, -0.25) is 4.90 Å². The number of benzene rings is 1. The minimum absolute atomic E-state index is 0.643. The smallest absolute Gasteiger partial charge is 0.0367 e. The second-order valence-corrected chi connectivity index (χ2v) is 6.21. The van der Waals surface area contributed by atoms with Crippen molar-refractivity contribution in [3.05, 3.63) is 29.8 Å². The first-order valence-electron chi connectivity index (χ1n) is 6.54. The zero-order chi connectivity index (χ0) is 11.7. The van der Waals surface area contributed by atoms with Crippen LogP contribution < -0.4 is 5.73 Å². The van der Waals surface area contributed by atoms with E-state index >= 15 is 0 Å². The third kappa shape index (κ3) is 2.24. The summed E-state index contributed by atoms with van der Waals surface area (Å²) in [5.74, 6) is 1.97. The van der Waals surface area contributed by atoms with Crippen molar-refractivity contribution in [2.45, 2.75) is 23.8 Å². The van der Waals surface area contributed by atoms with Crippen LogP contribution in [-0.2, 0) is 0 Å². The summed E-state index contributed by atoms with van der Waals surface area (Å²) < 4.78 is 0. The van der Waals surface area contributed by atoms with Gasteiger partial charge < -0.3 is 5.73 Å². The molecule has 1 aromatic rings. The van der Waals surface area contributed by atoms with E-state index in [2.05, 4.69) is 29.2 Å². The van der Waals surface area contributed by atoms with Crippen molar-refractivity contribution in [1.82, 2.24) is 4.90 Å². The maximum atomic E-state index is 5.79. The molecule has 0 aliphatic carbocycles. The van der Waals surface area contributed by atoms with Crippen LogP contribution >= 0.6 is 11.8 Å². The molecule has 17 heavy (non-hydrogen) atoms. The third-order valence-electron chi connectivity index (χ3n) is 4.02. The van der Waals surface area contributed by atoms with Crippen LogP contribution in [0.2, 0.25) is 0 Å².